The highest BCUT2D eigenvalue weighted by atomic mass is 16.5. The standard InChI is InChI=1S/C15H22O2/c1-5-7-14(16)15(17-6-2)13-9-11(3)8-12(4)10-13/h8-10,15H,5-7H2,1-4H3. The zero-order chi connectivity index (χ0) is 12.8. The predicted octanol–water partition coefficient (Wildman–Crippen LogP) is 3.75. The van der Waals surface area contributed by atoms with E-state index < -0.39 is 6.10 Å². The van der Waals surface area contributed by atoms with Crippen molar-refractivity contribution in [3.05, 3.63) is 34.9 Å². The Morgan fingerprint density at radius 3 is 2.24 bits per heavy atom. The lowest BCUT2D eigenvalue weighted by Crippen LogP contribution is -2.16. The number of ketones is 1. The number of carbonyl (C=O) groups excluding carboxylic acids is 1. The SMILES string of the molecule is CCCC(=O)C(OCC)c1cc(C)cc(C)c1. The van der Waals surface area contributed by atoms with E-state index in [9.17, 15) is 4.79 Å². The molecule has 0 saturated carbocycles. The quantitative estimate of drug-likeness (QED) is 0.749. The third-order valence-corrected chi connectivity index (χ3v) is 2.67. The molecule has 1 rings (SSSR count). The Hall–Kier alpha value is -1.15. The van der Waals surface area contributed by atoms with E-state index in [1.807, 2.05) is 39.8 Å². The normalized spacial score (nSPS) is 12.5. The number of benzene rings is 1. The first-order valence-electron chi connectivity index (χ1n) is 6.31. The average molecular weight is 234 g/mol. The first-order valence-corrected chi connectivity index (χ1v) is 6.31. The van der Waals surface area contributed by atoms with Crippen molar-refractivity contribution < 1.29 is 9.53 Å². The van der Waals surface area contributed by atoms with Crippen molar-refractivity contribution >= 4 is 5.78 Å². The topological polar surface area (TPSA) is 26.3 Å². The molecule has 1 atom stereocenters. The van der Waals surface area contributed by atoms with Crippen LogP contribution < -0.4 is 0 Å². The number of rotatable bonds is 6. The number of hydrogen-bond acceptors (Lipinski definition) is 2. The summed E-state index contributed by atoms with van der Waals surface area (Å²) in [5.41, 5.74) is 3.34. The molecule has 0 radical (unpaired) electrons. The maximum absolute atomic E-state index is 12.0. The lowest BCUT2D eigenvalue weighted by molar-refractivity contribution is -0.130. The van der Waals surface area contributed by atoms with Crippen LogP contribution in [0.3, 0.4) is 0 Å². The van der Waals surface area contributed by atoms with Gasteiger partial charge in [-0.15, -0.1) is 0 Å². The molecule has 0 aliphatic rings. The highest BCUT2D eigenvalue weighted by molar-refractivity contribution is 5.84. The van der Waals surface area contributed by atoms with Gasteiger partial charge in [-0.25, -0.2) is 0 Å². The average Bonchev–Trinajstić information content (AvgIpc) is 2.24. The first kappa shape index (κ1) is 13.9. The summed E-state index contributed by atoms with van der Waals surface area (Å²) >= 11 is 0. The lowest BCUT2D eigenvalue weighted by Gasteiger charge is -2.17. The van der Waals surface area contributed by atoms with E-state index in [1.165, 1.54) is 11.1 Å². The summed E-state index contributed by atoms with van der Waals surface area (Å²) in [6, 6.07) is 6.19. The zero-order valence-corrected chi connectivity index (χ0v) is 11.2. The fourth-order valence-electron chi connectivity index (χ4n) is 2.08. The summed E-state index contributed by atoms with van der Waals surface area (Å²) in [4.78, 5) is 12.0. The van der Waals surface area contributed by atoms with Gasteiger partial charge in [0, 0.05) is 13.0 Å². The number of hydrogen-bond donors (Lipinski definition) is 0. The van der Waals surface area contributed by atoms with E-state index in [1.54, 1.807) is 0 Å². The van der Waals surface area contributed by atoms with Crippen molar-refractivity contribution in [2.45, 2.75) is 46.6 Å². The van der Waals surface area contributed by atoms with E-state index in [0.717, 1.165) is 12.0 Å². The highest BCUT2D eigenvalue weighted by Gasteiger charge is 2.20. The van der Waals surface area contributed by atoms with Crippen molar-refractivity contribution in [2.24, 2.45) is 0 Å². The van der Waals surface area contributed by atoms with Gasteiger partial charge in [-0.05, 0) is 32.8 Å². The summed E-state index contributed by atoms with van der Waals surface area (Å²) < 4.78 is 5.60. The zero-order valence-electron chi connectivity index (χ0n) is 11.2. The van der Waals surface area contributed by atoms with Gasteiger partial charge in [0.15, 0.2) is 5.78 Å². The minimum atomic E-state index is -0.390. The maximum Gasteiger partial charge on any atom is 0.166 e. The molecule has 0 bridgehead atoms. The van der Waals surface area contributed by atoms with Crippen molar-refractivity contribution in [3.63, 3.8) is 0 Å². The van der Waals surface area contributed by atoms with Crippen molar-refractivity contribution in [1.82, 2.24) is 0 Å². The van der Waals surface area contributed by atoms with E-state index in [-0.39, 0.29) is 5.78 Å². The number of carbonyl (C=O) groups is 1. The summed E-state index contributed by atoms with van der Waals surface area (Å²) in [5, 5.41) is 0. The molecular formula is C15H22O2. The molecule has 1 aromatic carbocycles. The molecule has 0 N–H and O–H groups in total. The summed E-state index contributed by atoms with van der Waals surface area (Å²) in [6.45, 7) is 8.60. The molecule has 17 heavy (non-hydrogen) atoms. The van der Waals surface area contributed by atoms with Gasteiger partial charge in [0.05, 0.1) is 0 Å². The molecule has 1 aromatic rings. The Morgan fingerprint density at radius 2 is 1.76 bits per heavy atom. The van der Waals surface area contributed by atoms with Crippen molar-refractivity contribution in [3.8, 4) is 0 Å². The Balaban J connectivity index is 3.00. The van der Waals surface area contributed by atoms with Gasteiger partial charge in [0.1, 0.15) is 6.10 Å². The molecule has 0 aliphatic carbocycles. The first-order chi connectivity index (χ1) is 8.08. The van der Waals surface area contributed by atoms with Crippen LogP contribution in [0, 0.1) is 13.8 Å². The highest BCUT2D eigenvalue weighted by Crippen LogP contribution is 2.23. The maximum atomic E-state index is 12.0. The molecule has 2 nitrogen and oxygen atoms in total. The third kappa shape index (κ3) is 3.97. The molecule has 1 unspecified atom stereocenters. The molecule has 94 valence electrons. The van der Waals surface area contributed by atoms with Gasteiger partial charge >= 0.3 is 0 Å². The van der Waals surface area contributed by atoms with Crippen LogP contribution in [0.1, 0.15) is 49.5 Å². The third-order valence-electron chi connectivity index (χ3n) is 2.67. The predicted molar refractivity (Wildman–Crippen MR) is 70.2 cm³/mol. The van der Waals surface area contributed by atoms with E-state index >= 15 is 0 Å². The minimum Gasteiger partial charge on any atom is -0.366 e. The van der Waals surface area contributed by atoms with Gasteiger partial charge in [0.25, 0.3) is 0 Å². The summed E-state index contributed by atoms with van der Waals surface area (Å²) in [6.07, 6.45) is 1.06. The molecule has 0 fully saturated rings. The van der Waals surface area contributed by atoms with Crippen LogP contribution in [-0.4, -0.2) is 12.4 Å². The van der Waals surface area contributed by atoms with Gasteiger partial charge < -0.3 is 4.74 Å². The molecule has 0 spiro atoms. The van der Waals surface area contributed by atoms with Crippen LogP contribution in [0.15, 0.2) is 18.2 Å². The number of ether oxygens (including phenoxy) is 1. The van der Waals surface area contributed by atoms with Crippen LogP contribution in [0.2, 0.25) is 0 Å². The van der Waals surface area contributed by atoms with E-state index in [0.29, 0.717) is 13.0 Å². The Kier molecular flexibility index (Phi) is 5.36. The smallest absolute Gasteiger partial charge is 0.166 e. The van der Waals surface area contributed by atoms with Crippen LogP contribution in [-0.2, 0) is 9.53 Å². The Labute approximate surface area is 104 Å². The van der Waals surface area contributed by atoms with Crippen molar-refractivity contribution in [2.75, 3.05) is 6.61 Å². The van der Waals surface area contributed by atoms with E-state index in [4.69, 9.17) is 4.74 Å². The molecule has 0 heterocycles. The van der Waals surface area contributed by atoms with Gasteiger partial charge in [-0.3, -0.25) is 4.79 Å². The molecule has 0 aliphatic heterocycles. The Bertz CT molecular complexity index is 362. The second-order valence-electron chi connectivity index (χ2n) is 4.47. The molecule has 0 saturated heterocycles. The van der Waals surface area contributed by atoms with Gasteiger partial charge in [-0.1, -0.05) is 36.2 Å². The van der Waals surface area contributed by atoms with Crippen LogP contribution in [0.5, 0.6) is 0 Å². The molecule has 0 amide bonds. The molecular weight excluding hydrogens is 212 g/mol. The summed E-state index contributed by atoms with van der Waals surface area (Å²) in [5.74, 6) is 0.180. The van der Waals surface area contributed by atoms with Crippen LogP contribution >= 0.6 is 0 Å². The van der Waals surface area contributed by atoms with Crippen LogP contribution in [0.4, 0.5) is 0 Å². The largest absolute Gasteiger partial charge is 0.366 e. The molecule has 0 aromatic heterocycles. The fraction of sp³-hybridized carbons (Fsp3) is 0.533. The second kappa shape index (κ2) is 6.55. The van der Waals surface area contributed by atoms with E-state index in [2.05, 4.69) is 6.07 Å². The van der Waals surface area contributed by atoms with Crippen molar-refractivity contribution in [1.29, 1.82) is 0 Å². The fourth-order valence-corrected chi connectivity index (χ4v) is 2.08. The van der Waals surface area contributed by atoms with Gasteiger partial charge in [-0.2, -0.15) is 0 Å². The van der Waals surface area contributed by atoms with Crippen LogP contribution in [0.25, 0.3) is 0 Å². The number of aryl methyl sites for hydroxylation is 2. The number of Topliss-reactive ketones (excluding diaryl/α,β-unsaturated/α-hetero) is 1. The second-order valence-corrected chi connectivity index (χ2v) is 4.47. The minimum absolute atomic E-state index is 0.180. The van der Waals surface area contributed by atoms with Gasteiger partial charge in [0.2, 0.25) is 0 Å². The molecule has 2 heteroatoms. The Morgan fingerprint density at radius 1 is 1.18 bits per heavy atom. The summed E-state index contributed by atoms with van der Waals surface area (Å²) in [7, 11) is 0. The lowest BCUT2D eigenvalue weighted by atomic mass is 9.98. The monoisotopic (exact) mass is 234 g/mol.